The van der Waals surface area contributed by atoms with Crippen LogP contribution in [0.2, 0.25) is 0 Å². The minimum atomic E-state index is -0.224. The lowest BCUT2D eigenvalue weighted by Gasteiger charge is -2.16. The lowest BCUT2D eigenvalue weighted by molar-refractivity contribution is -0.145. The average molecular weight is 326 g/mol. The monoisotopic (exact) mass is 325 g/mol. The largest absolute Gasteiger partial charge is 0.469 e. The molecule has 2 rings (SSSR count). The predicted octanol–water partition coefficient (Wildman–Crippen LogP) is 2.01. The van der Waals surface area contributed by atoms with Gasteiger partial charge in [-0.05, 0) is 24.1 Å². The number of likely N-dealkylation sites (tertiary alicyclic amines) is 1. The zero-order valence-electron chi connectivity index (χ0n) is 10.8. The van der Waals surface area contributed by atoms with Crippen molar-refractivity contribution >= 4 is 27.8 Å². The number of methoxy groups -OCH3 is 1. The summed E-state index contributed by atoms with van der Waals surface area (Å²) >= 11 is 3.39. The van der Waals surface area contributed by atoms with Crippen molar-refractivity contribution < 1.29 is 14.3 Å². The topological polar surface area (TPSA) is 46.6 Å². The van der Waals surface area contributed by atoms with Crippen LogP contribution in [0.25, 0.3) is 0 Å². The highest BCUT2D eigenvalue weighted by atomic mass is 79.9. The Morgan fingerprint density at radius 3 is 2.95 bits per heavy atom. The first-order valence-electron chi connectivity index (χ1n) is 6.20. The Morgan fingerprint density at radius 1 is 1.47 bits per heavy atom. The smallest absolute Gasteiger partial charge is 0.310 e. The van der Waals surface area contributed by atoms with Crippen molar-refractivity contribution in [1.29, 1.82) is 0 Å². The lowest BCUT2D eigenvalue weighted by Crippen LogP contribution is -2.31. The second-order valence-electron chi connectivity index (χ2n) is 4.66. The molecule has 0 N–H and O–H groups in total. The molecule has 1 amide bonds. The van der Waals surface area contributed by atoms with Gasteiger partial charge in [0.25, 0.3) is 0 Å². The van der Waals surface area contributed by atoms with Gasteiger partial charge in [-0.15, -0.1) is 0 Å². The molecule has 0 radical (unpaired) electrons. The van der Waals surface area contributed by atoms with Crippen molar-refractivity contribution in [3.05, 3.63) is 34.3 Å². The zero-order chi connectivity index (χ0) is 13.8. The number of amides is 1. The maximum atomic E-state index is 12.1. The summed E-state index contributed by atoms with van der Waals surface area (Å²) in [5.74, 6) is -0.335. The third-order valence-electron chi connectivity index (χ3n) is 3.32. The number of carbonyl (C=O) groups is 2. The van der Waals surface area contributed by atoms with Crippen LogP contribution in [0.1, 0.15) is 12.0 Å². The van der Waals surface area contributed by atoms with Crippen LogP contribution in [-0.2, 0) is 20.7 Å². The molecule has 1 saturated heterocycles. The first kappa shape index (κ1) is 14.1. The normalized spacial score (nSPS) is 18.4. The van der Waals surface area contributed by atoms with Crippen molar-refractivity contribution in [2.75, 3.05) is 20.2 Å². The van der Waals surface area contributed by atoms with Crippen LogP contribution in [-0.4, -0.2) is 37.0 Å². The van der Waals surface area contributed by atoms with Gasteiger partial charge in [-0.1, -0.05) is 28.1 Å². The summed E-state index contributed by atoms with van der Waals surface area (Å²) in [7, 11) is 1.38. The van der Waals surface area contributed by atoms with E-state index in [0.717, 1.165) is 10.0 Å². The number of esters is 1. The minimum absolute atomic E-state index is 0.0597. The molecule has 1 heterocycles. The van der Waals surface area contributed by atoms with Crippen molar-refractivity contribution in [1.82, 2.24) is 4.90 Å². The molecular formula is C14H16BrNO3. The molecule has 19 heavy (non-hydrogen) atoms. The van der Waals surface area contributed by atoms with E-state index in [1.165, 1.54) is 7.11 Å². The molecular weight excluding hydrogens is 310 g/mol. The summed E-state index contributed by atoms with van der Waals surface area (Å²) in [6.45, 7) is 1.10. The molecule has 1 aliphatic heterocycles. The SMILES string of the molecule is COC(=O)C1CCN(C(=O)Cc2cccc(Br)c2)C1. The van der Waals surface area contributed by atoms with Gasteiger partial charge in [0.05, 0.1) is 19.4 Å². The number of hydrogen-bond donors (Lipinski definition) is 0. The first-order chi connectivity index (χ1) is 9.10. The number of nitrogens with zero attached hydrogens (tertiary/aromatic N) is 1. The Kier molecular flexibility index (Phi) is 4.58. The van der Waals surface area contributed by atoms with E-state index in [0.29, 0.717) is 25.9 Å². The first-order valence-corrected chi connectivity index (χ1v) is 6.99. The van der Waals surface area contributed by atoms with E-state index in [1.807, 2.05) is 24.3 Å². The van der Waals surface area contributed by atoms with E-state index in [1.54, 1.807) is 4.90 Å². The van der Waals surface area contributed by atoms with Crippen LogP contribution in [0.15, 0.2) is 28.7 Å². The highest BCUT2D eigenvalue weighted by Gasteiger charge is 2.31. The van der Waals surface area contributed by atoms with Crippen LogP contribution in [0.5, 0.6) is 0 Å². The summed E-state index contributed by atoms with van der Waals surface area (Å²) in [6, 6.07) is 7.70. The van der Waals surface area contributed by atoms with Crippen molar-refractivity contribution in [3.8, 4) is 0 Å². The highest BCUT2D eigenvalue weighted by Crippen LogP contribution is 2.19. The van der Waals surface area contributed by atoms with E-state index in [2.05, 4.69) is 15.9 Å². The van der Waals surface area contributed by atoms with Gasteiger partial charge in [-0.25, -0.2) is 0 Å². The Morgan fingerprint density at radius 2 is 2.26 bits per heavy atom. The molecule has 0 bridgehead atoms. The van der Waals surface area contributed by atoms with E-state index in [4.69, 9.17) is 4.74 Å². The standard InChI is InChI=1S/C14H16BrNO3/c1-19-14(18)11-5-6-16(9-11)13(17)8-10-3-2-4-12(15)7-10/h2-4,7,11H,5-6,8-9H2,1H3. The van der Waals surface area contributed by atoms with Crippen LogP contribution >= 0.6 is 15.9 Å². The minimum Gasteiger partial charge on any atom is -0.469 e. The number of hydrogen-bond acceptors (Lipinski definition) is 3. The van der Waals surface area contributed by atoms with Crippen molar-refractivity contribution in [2.45, 2.75) is 12.8 Å². The van der Waals surface area contributed by atoms with Gasteiger partial charge in [0, 0.05) is 17.6 Å². The molecule has 0 saturated carbocycles. The van der Waals surface area contributed by atoms with Gasteiger partial charge in [0.15, 0.2) is 0 Å². The molecule has 1 atom stereocenters. The van der Waals surface area contributed by atoms with Crippen LogP contribution < -0.4 is 0 Å². The maximum absolute atomic E-state index is 12.1. The molecule has 5 heteroatoms. The highest BCUT2D eigenvalue weighted by molar-refractivity contribution is 9.10. The maximum Gasteiger partial charge on any atom is 0.310 e. The van der Waals surface area contributed by atoms with Gasteiger partial charge in [-0.3, -0.25) is 9.59 Å². The number of rotatable bonds is 3. The second-order valence-corrected chi connectivity index (χ2v) is 5.57. The molecule has 1 aliphatic rings. The molecule has 4 nitrogen and oxygen atoms in total. The Balaban J connectivity index is 1.93. The third kappa shape index (κ3) is 3.56. The number of carbonyl (C=O) groups excluding carboxylic acids is 2. The molecule has 0 aromatic heterocycles. The summed E-state index contributed by atoms with van der Waals surface area (Å²) in [4.78, 5) is 25.3. The molecule has 1 unspecified atom stereocenters. The predicted molar refractivity (Wildman–Crippen MR) is 74.5 cm³/mol. The summed E-state index contributed by atoms with van der Waals surface area (Å²) in [6.07, 6.45) is 1.06. The van der Waals surface area contributed by atoms with Gasteiger partial charge >= 0.3 is 5.97 Å². The van der Waals surface area contributed by atoms with Crippen molar-refractivity contribution in [2.24, 2.45) is 5.92 Å². The number of benzene rings is 1. The fourth-order valence-corrected chi connectivity index (χ4v) is 2.73. The molecule has 1 aromatic rings. The molecule has 1 aromatic carbocycles. The quantitative estimate of drug-likeness (QED) is 0.799. The van der Waals surface area contributed by atoms with Crippen LogP contribution in [0, 0.1) is 5.92 Å². The van der Waals surface area contributed by atoms with Crippen molar-refractivity contribution in [3.63, 3.8) is 0 Å². The molecule has 0 aliphatic carbocycles. The van der Waals surface area contributed by atoms with Gasteiger partial charge < -0.3 is 9.64 Å². The fraction of sp³-hybridized carbons (Fsp3) is 0.429. The summed E-state index contributed by atoms with van der Waals surface area (Å²) < 4.78 is 5.68. The van der Waals surface area contributed by atoms with E-state index >= 15 is 0 Å². The zero-order valence-corrected chi connectivity index (χ0v) is 12.4. The molecule has 1 fully saturated rings. The van der Waals surface area contributed by atoms with Gasteiger partial charge in [0.2, 0.25) is 5.91 Å². The average Bonchev–Trinajstić information content (AvgIpc) is 2.87. The Hall–Kier alpha value is -1.36. The molecule has 102 valence electrons. The Labute approximate surface area is 120 Å². The van der Waals surface area contributed by atoms with E-state index in [-0.39, 0.29) is 17.8 Å². The van der Waals surface area contributed by atoms with Crippen LogP contribution in [0.4, 0.5) is 0 Å². The van der Waals surface area contributed by atoms with Crippen LogP contribution in [0.3, 0.4) is 0 Å². The van der Waals surface area contributed by atoms with Gasteiger partial charge in [0.1, 0.15) is 0 Å². The summed E-state index contributed by atoms with van der Waals surface area (Å²) in [5, 5.41) is 0. The Bertz CT molecular complexity index is 489. The summed E-state index contributed by atoms with van der Waals surface area (Å²) in [5.41, 5.74) is 0.973. The fourth-order valence-electron chi connectivity index (χ4n) is 2.28. The van der Waals surface area contributed by atoms with E-state index in [9.17, 15) is 9.59 Å². The third-order valence-corrected chi connectivity index (χ3v) is 3.81. The molecule has 0 spiro atoms. The number of ether oxygens (including phenoxy) is 1. The second kappa shape index (κ2) is 6.19. The van der Waals surface area contributed by atoms with Gasteiger partial charge in [-0.2, -0.15) is 0 Å². The number of halogens is 1. The lowest BCUT2D eigenvalue weighted by atomic mass is 10.1. The van der Waals surface area contributed by atoms with E-state index < -0.39 is 0 Å².